The molecule has 1 N–H and O–H groups in total. The van der Waals surface area contributed by atoms with Crippen LogP contribution in [0, 0.1) is 0 Å². The molecule has 0 heterocycles. The molecule has 0 aromatic carbocycles. The Morgan fingerprint density at radius 3 is 2.08 bits per heavy atom. The van der Waals surface area contributed by atoms with Gasteiger partial charge in [0.2, 0.25) is 0 Å². The van der Waals surface area contributed by atoms with Gasteiger partial charge in [-0.15, -0.1) is 0 Å². The molecular formula is C16H32N2O3S3. The Labute approximate surface area is 158 Å². The highest BCUT2D eigenvalue weighted by molar-refractivity contribution is 8.68. The summed E-state index contributed by atoms with van der Waals surface area (Å²) in [5.74, 6) is 0.778. The highest BCUT2D eigenvalue weighted by Crippen LogP contribution is 2.16. The van der Waals surface area contributed by atoms with Crippen molar-refractivity contribution in [2.75, 3.05) is 12.8 Å². The smallest absolute Gasteiger partial charge is 0.323 e. The summed E-state index contributed by atoms with van der Waals surface area (Å²) in [4.78, 5) is 16.6. The number of unbranched alkanes of at least 4 members (excludes halogenated alkanes) is 9. The number of hydrogen-bond acceptors (Lipinski definition) is 5. The number of nitrogens with zero attached hydrogens (tertiary/aromatic N) is 1. The van der Waals surface area contributed by atoms with Gasteiger partial charge in [-0.25, -0.2) is 18.8 Å². The molecule has 1 atom stereocenters. The largest absolute Gasteiger partial charge is 0.446 e. The second-order valence-electron chi connectivity index (χ2n) is 5.74. The fraction of sp³-hybridized carbons (Fsp3) is 0.875. The van der Waals surface area contributed by atoms with Crippen LogP contribution < -0.4 is 5.48 Å². The predicted molar refractivity (Wildman–Crippen MR) is 108 cm³/mol. The lowest BCUT2D eigenvalue weighted by Gasteiger charge is -2.14. The lowest BCUT2D eigenvalue weighted by atomic mass is 10.1. The van der Waals surface area contributed by atoms with Crippen molar-refractivity contribution in [2.24, 2.45) is 0 Å². The zero-order valence-electron chi connectivity index (χ0n) is 15.2. The van der Waals surface area contributed by atoms with Crippen LogP contribution in [-0.4, -0.2) is 32.4 Å². The van der Waals surface area contributed by atoms with Crippen molar-refractivity contribution in [1.82, 2.24) is 9.79 Å². The van der Waals surface area contributed by atoms with Crippen LogP contribution in [0.2, 0.25) is 0 Å². The average molecular weight is 397 g/mol. The highest BCUT2D eigenvalue weighted by atomic mass is 33.1. The first-order valence-electron chi connectivity index (χ1n) is 8.75. The predicted octanol–water partition coefficient (Wildman–Crippen LogP) is 5.14. The summed E-state index contributed by atoms with van der Waals surface area (Å²) in [6, 6.07) is 0. The first-order valence-corrected chi connectivity index (χ1v) is 11.8. The molecule has 0 aliphatic carbocycles. The van der Waals surface area contributed by atoms with Gasteiger partial charge in [-0.1, -0.05) is 76.9 Å². The van der Waals surface area contributed by atoms with Gasteiger partial charge in [0.05, 0.1) is 0 Å². The summed E-state index contributed by atoms with van der Waals surface area (Å²) >= 11 is 4.73. The lowest BCUT2D eigenvalue weighted by molar-refractivity contribution is 0.107. The molecule has 0 saturated carbocycles. The molecule has 142 valence electrons. The normalized spacial score (nSPS) is 11.8. The third-order valence-electron chi connectivity index (χ3n) is 3.44. The molecule has 0 saturated heterocycles. The van der Waals surface area contributed by atoms with E-state index in [0.29, 0.717) is 4.99 Å². The Hall–Kier alpha value is -0.340. The van der Waals surface area contributed by atoms with E-state index in [2.05, 4.69) is 17.2 Å². The summed E-state index contributed by atoms with van der Waals surface area (Å²) in [7, 11) is 1.28. The number of carbonyl (C=O) groups excluding carboxylic acids is 1. The highest BCUT2D eigenvalue weighted by Gasteiger charge is 2.17. The minimum atomic E-state index is -1.43. The van der Waals surface area contributed by atoms with E-state index < -0.39 is 16.1 Å². The van der Waals surface area contributed by atoms with Gasteiger partial charge in [-0.2, -0.15) is 0 Å². The molecule has 0 aromatic heterocycles. The van der Waals surface area contributed by atoms with Gasteiger partial charge in [-0.3, -0.25) is 0 Å². The number of hydrogen-bond donors (Lipinski definition) is 1. The van der Waals surface area contributed by atoms with Crippen molar-refractivity contribution >= 4 is 44.1 Å². The van der Waals surface area contributed by atoms with E-state index in [9.17, 15) is 9.00 Å². The molecular weight excluding hydrogens is 364 g/mol. The third kappa shape index (κ3) is 14.0. The van der Waals surface area contributed by atoms with Gasteiger partial charge >= 0.3 is 6.09 Å². The molecule has 0 fully saturated rings. The maximum Gasteiger partial charge on any atom is 0.446 e. The Morgan fingerprint density at radius 2 is 1.58 bits per heavy atom. The van der Waals surface area contributed by atoms with Crippen molar-refractivity contribution in [2.45, 2.75) is 78.1 Å². The molecule has 1 unspecified atom stereocenters. The van der Waals surface area contributed by atoms with Crippen molar-refractivity contribution < 1.29 is 13.8 Å². The monoisotopic (exact) mass is 396 g/mol. The summed E-state index contributed by atoms with van der Waals surface area (Å²) in [5.41, 5.74) is 2.29. The van der Waals surface area contributed by atoms with Crippen molar-refractivity contribution in [1.29, 1.82) is 0 Å². The molecule has 0 aromatic rings. The summed E-state index contributed by atoms with van der Waals surface area (Å²) < 4.78 is 13.0. The van der Waals surface area contributed by atoms with Gasteiger partial charge in [0, 0.05) is 12.8 Å². The number of nitrogens with one attached hydrogen (secondary N) is 1. The number of amides is 1. The van der Waals surface area contributed by atoms with Gasteiger partial charge in [0.1, 0.15) is 4.99 Å². The molecule has 24 heavy (non-hydrogen) atoms. The van der Waals surface area contributed by atoms with Gasteiger partial charge < -0.3 is 4.84 Å². The number of rotatable bonds is 13. The van der Waals surface area contributed by atoms with Crippen LogP contribution in [-0.2, 0) is 14.9 Å². The Balaban J connectivity index is 3.51. The second kappa shape index (κ2) is 16.1. The standard InChI is InChI=1S/C16H32N2O3S3/c1-4-5-6-7-8-9-10-11-12-13-14-23-24(20)18(3)16(19)21-17-15(2)22/h4-14H2,1-3H3,(H,17,22). The number of carbonyl (C=O) groups is 1. The first-order chi connectivity index (χ1) is 11.5. The molecule has 0 aliphatic rings. The van der Waals surface area contributed by atoms with Crippen LogP contribution in [0.3, 0.4) is 0 Å². The van der Waals surface area contributed by atoms with E-state index in [4.69, 9.17) is 12.2 Å². The van der Waals surface area contributed by atoms with E-state index >= 15 is 0 Å². The van der Waals surface area contributed by atoms with Crippen molar-refractivity contribution in [3.8, 4) is 0 Å². The number of hydroxylamine groups is 1. The summed E-state index contributed by atoms with van der Waals surface area (Å²) in [6.07, 6.45) is 12.1. The van der Waals surface area contributed by atoms with E-state index in [0.717, 1.165) is 22.9 Å². The molecule has 0 aliphatic heterocycles. The quantitative estimate of drug-likeness (QED) is 0.201. The molecule has 0 rings (SSSR count). The maximum atomic E-state index is 11.9. The second-order valence-corrected chi connectivity index (χ2v) is 9.55. The fourth-order valence-electron chi connectivity index (χ4n) is 2.04. The number of thiocarbonyl (C=S) groups is 1. The van der Waals surface area contributed by atoms with E-state index in [-0.39, 0.29) is 0 Å². The maximum absolute atomic E-state index is 11.9. The molecule has 5 nitrogen and oxygen atoms in total. The fourth-order valence-corrected chi connectivity index (χ4v) is 4.30. The first kappa shape index (κ1) is 23.7. The molecule has 0 spiro atoms. The third-order valence-corrected chi connectivity index (χ3v) is 6.56. The molecule has 0 radical (unpaired) electrons. The van der Waals surface area contributed by atoms with Crippen LogP contribution in [0.1, 0.15) is 78.1 Å². The van der Waals surface area contributed by atoms with Gasteiger partial charge in [-0.05, 0) is 24.1 Å². The van der Waals surface area contributed by atoms with Gasteiger partial charge in [0.25, 0.3) is 0 Å². The van der Waals surface area contributed by atoms with Crippen molar-refractivity contribution in [3.05, 3.63) is 0 Å². The van der Waals surface area contributed by atoms with Crippen molar-refractivity contribution in [3.63, 3.8) is 0 Å². The minimum Gasteiger partial charge on any atom is -0.323 e. The minimum absolute atomic E-state index is 0.348. The van der Waals surface area contributed by atoms with Gasteiger partial charge in [0.15, 0.2) is 10.0 Å². The molecule has 8 heteroatoms. The molecule has 1 amide bonds. The van der Waals surface area contributed by atoms with Crippen LogP contribution in [0.15, 0.2) is 0 Å². The summed E-state index contributed by atoms with van der Waals surface area (Å²) in [6.45, 7) is 3.84. The Kier molecular flexibility index (Phi) is 15.9. The van der Waals surface area contributed by atoms with E-state index in [1.165, 1.54) is 69.2 Å². The van der Waals surface area contributed by atoms with E-state index in [1.54, 1.807) is 6.92 Å². The SMILES string of the molecule is CCCCCCCCCCCCSS(=O)N(C)C(=O)ONC(C)=S. The van der Waals surface area contributed by atoms with Crippen LogP contribution in [0.4, 0.5) is 4.79 Å². The topological polar surface area (TPSA) is 58.6 Å². The lowest BCUT2D eigenvalue weighted by Crippen LogP contribution is -2.33. The van der Waals surface area contributed by atoms with Crippen LogP contribution in [0.25, 0.3) is 0 Å². The van der Waals surface area contributed by atoms with Crippen LogP contribution in [0.5, 0.6) is 0 Å². The molecule has 0 bridgehead atoms. The van der Waals surface area contributed by atoms with E-state index in [1.807, 2.05) is 0 Å². The summed E-state index contributed by atoms with van der Waals surface area (Å²) in [5, 5.41) is 0. The Bertz CT molecular complexity index is 382. The van der Waals surface area contributed by atoms with Crippen LogP contribution >= 0.6 is 23.0 Å². The average Bonchev–Trinajstić information content (AvgIpc) is 2.56. The Morgan fingerprint density at radius 1 is 1.08 bits per heavy atom. The zero-order valence-corrected chi connectivity index (χ0v) is 17.6. The zero-order chi connectivity index (χ0) is 18.2.